The highest BCUT2D eigenvalue weighted by Gasteiger charge is 2.22. The van der Waals surface area contributed by atoms with Crippen molar-refractivity contribution < 1.29 is 8.42 Å². The van der Waals surface area contributed by atoms with Crippen molar-refractivity contribution in [2.24, 2.45) is 0 Å². The molecule has 0 saturated carbocycles. The molecule has 0 radical (unpaired) electrons. The summed E-state index contributed by atoms with van der Waals surface area (Å²) in [6, 6.07) is 3.08. The van der Waals surface area contributed by atoms with Gasteiger partial charge >= 0.3 is 0 Å². The van der Waals surface area contributed by atoms with Crippen molar-refractivity contribution in [1.82, 2.24) is 14.8 Å². The van der Waals surface area contributed by atoms with E-state index in [1.807, 2.05) is 6.92 Å². The van der Waals surface area contributed by atoms with Crippen LogP contribution >= 0.6 is 11.6 Å². The number of sulfonamides is 1. The number of rotatable bonds is 4. The normalized spacial score (nSPS) is 11.5. The first-order valence-corrected chi connectivity index (χ1v) is 7.26. The highest BCUT2D eigenvalue weighted by atomic mass is 35.5. The van der Waals surface area contributed by atoms with Gasteiger partial charge in [-0.1, -0.05) is 11.6 Å². The quantitative estimate of drug-likeness (QED) is 0.829. The fraction of sp³-hybridized carbons (Fsp3) is 0.200. The van der Waals surface area contributed by atoms with E-state index in [9.17, 15) is 8.42 Å². The minimum absolute atomic E-state index is 0.0608. The highest BCUT2D eigenvalue weighted by Crippen LogP contribution is 2.24. The molecule has 0 aromatic carbocycles. The van der Waals surface area contributed by atoms with Crippen molar-refractivity contribution in [3.8, 4) is 0 Å². The van der Waals surface area contributed by atoms with Crippen LogP contribution in [0.1, 0.15) is 6.92 Å². The van der Waals surface area contributed by atoms with Gasteiger partial charge in [-0.15, -0.1) is 0 Å². The lowest BCUT2D eigenvalue weighted by Crippen LogP contribution is -2.14. The lowest BCUT2D eigenvalue weighted by Gasteiger charge is -2.07. The zero-order valence-electron chi connectivity index (χ0n) is 10.0. The largest absolute Gasteiger partial charge is 0.381 e. The van der Waals surface area contributed by atoms with Crippen molar-refractivity contribution in [1.29, 1.82) is 0 Å². The van der Waals surface area contributed by atoms with Crippen molar-refractivity contribution in [3.63, 3.8) is 0 Å². The Morgan fingerprint density at radius 2 is 2.26 bits per heavy atom. The third-order valence-corrected chi connectivity index (χ3v) is 4.06. The number of halogens is 1. The van der Waals surface area contributed by atoms with E-state index in [0.29, 0.717) is 6.54 Å². The Labute approximate surface area is 115 Å². The fourth-order valence-electron chi connectivity index (χ4n) is 1.45. The lowest BCUT2D eigenvalue weighted by atomic mass is 10.4. The Balaban J connectivity index is 2.38. The molecule has 9 heteroatoms. The molecule has 19 heavy (non-hydrogen) atoms. The van der Waals surface area contributed by atoms with E-state index in [1.54, 1.807) is 6.07 Å². The maximum absolute atomic E-state index is 12.2. The van der Waals surface area contributed by atoms with Crippen LogP contribution in [0.2, 0.25) is 5.15 Å². The van der Waals surface area contributed by atoms with Gasteiger partial charge in [0.25, 0.3) is 10.0 Å². The van der Waals surface area contributed by atoms with Crippen molar-refractivity contribution in [3.05, 3.63) is 29.7 Å². The van der Waals surface area contributed by atoms with Gasteiger partial charge in [0.15, 0.2) is 11.0 Å². The van der Waals surface area contributed by atoms with Crippen molar-refractivity contribution in [2.75, 3.05) is 10.5 Å². The molecule has 0 aliphatic heterocycles. The smallest absolute Gasteiger partial charge is 0.267 e. The summed E-state index contributed by atoms with van der Waals surface area (Å²) in [7, 11) is -3.84. The molecule has 2 aromatic heterocycles. The average molecular weight is 302 g/mol. The summed E-state index contributed by atoms with van der Waals surface area (Å²) in [4.78, 5) is 3.70. The number of hydrogen-bond donors (Lipinski definition) is 2. The Morgan fingerprint density at radius 3 is 2.84 bits per heavy atom. The molecule has 2 aromatic rings. The number of nitrogens with two attached hydrogens (primary N) is 1. The number of nitrogens with zero attached hydrogens (tertiary/aromatic N) is 3. The number of aryl methyl sites for hydroxylation is 1. The molecule has 0 fully saturated rings. The van der Waals surface area contributed by atoms with Gasteiger partial charge in [-0.2, -0.15) is 5.10 Å². The van der Waals surface area contributed by atoms with Gasteiger partial charge < -0.3 is 5.73 Å². The summed E-state index contributed by atoms with van der Waals surface area (Å²) in [6.45, 7) is 2.35. The Morgan fingerprint density at radius 1 is 1.53 bits per heavy atom. The van der Waals surface area contributed by atoms with E-state index >= 15 is 0 Å². The van der Waals surface area contributed by atoms with Crippen LogP contribution in [0.5, 0.6) is 0 Å². The van der Waals surface area contributed by atoms with Gasteiger partial charge in [0, 0.05) is 18.9 Å². The van der Waals surface area contributed by atoms with E-state index in [2.05, 4.69) is 14.8 Å². The lowest BCUT2D eigenvalue weighted by molar-refractivity contribution is 0.600. The second-order valence-corrected chi connectivity index (χ2v) is 5.69. The zero-order valence-corrected chi connectivity index (χ0v) is 11.6. The molecule has 102 valence electrons. The molecule has 0 spiro atoms. The molecule has 2 rings (SSSR count). The predicted molar refractivity (Wildman–Crippen MR) is 72.4 cm³/mol. The molecule has 0 bridgehead atoms. The van der Waals surface area contributed by atoms with Crippen molar-refractivity contribution >= 4 is 33.1 Å². The molecule has 0 amide bonds. The zero-order chi connectivity index (χ0) is 14.0. The summed E-state index contributed by atoms with van der Waals surface area (Å²) in [5.74, 6) is -0.0608. The third kappa shape index (κ3) is 2.79. The van der Waals surface area contributed by atoms with Crippen LogP contribution in [0, 0.1) is 0 Å². The summed E-state index contributed by atoms with van der Waals surface area (Å²) >= 11 is 5.80. The van der Waals surface area contributed by atoms with Crippen molar-refractivity contribution in [2.45, 2.75) is 18.4 Å². The Bertz CT molecular complexity index is 698. The number of hydrogen-bond acceptors (Lipinski definition) is 5. The topological polar surface area (TPSA) is 103 Å². The third-order valence-electron chi connectivity index (χ3n) is 2.37. The molecule has 0 unspecified atom stereocenters. The molecule has 0 saturated heterocycles. The van der Waals surface area contributed by atoms with E-state index in [1.165, 1.54) is 23.1 Å². The van der Waals surface area contributed by atoms with Gasteiger partial charge in [-0.3, -0.25) is 9.40 Å². The molecule has 0 atom stereocenters. The van der Waals surface area contributed by atoms with Crippen LogP contribution in [0.25, 0.3) is 0 Å². The predicted octanol–water partition coefficient (Wildman–Crippen LogP) is 1.33. The Hall–Kier alpha value is -1.80. The number of pyridine rings is 1. The van der Waals surface area contributed by atoms with E-state index in [-0.39, 0.29) is 21.6 Å². The van der Waals surface area contributed by atoms with Gasteiger partial charge in [-0.05, 0) is 19.1 Å². The van der Waals surface area contributed by atoms with E-state index < -0.39 is 10.0 Å². The molecule has 2 heterocycles. The van der Waals surface area contributed by atoms with Crippen LogP contribution in [-0.2, 0) is 16.6 Å². The number of anilines is 2. The molecular weight excluding hydrogens is 290 g/mol. The minimum atomic E-state index is -3.84. The summed E-state index contributed by atoms with van der Waals surface area (Å²) in [5.41, 5.74) is 5.78. The van der Waals surface area contributed by atoms with Crippen LogP contribution in [-0.4, -0.2) is 23.2 Å². The van der Waals surface area contributed by atoms with Gasteiger partial charge in [0.1, 0.15) is 4.90 Å². The molecule has 0 aliphatic carbocycles. The number of aromatic nitrogens is 3. The summed E-state index contributed by atoms with van der Waals surface area (Å²) < 4.78 is 28.1. The summed E-state index contributed by atoms with van der Waals surface area (Å²) in [6.07, 6.45) is 2.82. The number of nitrogen functional groups attached to an aromatic ring is 1. The molecular formula is C10H12ClN5O2S. The van der Waals surface area contributed by atoms with E-state index in [0.717, 1.165) is 0 Å². The fourth-order valence-corrected chi connectivity index (χ4v) is 2.81. The first kappa shape index (κ1) is 13.6. The first-order chi connectivity index (χ1) is 8.94. The van der Waals surface area contributed by atoms with Crippen LogP contribution < -0.4 is 10.5 Å². The molecule has 3 N–H and O–H groups in total. The molecule has 7 nitrogen and oxygen atoms in total. The van der Waals surface area contributed by atoms with Gasteiger partial charge in [-0.25, -0.2) is 13.4 Å². The van der Waals surface area contributed by atoms with Crippen LogP contribution in [0.3, 0.4) is 0 Å². The SMILES string of the molecule is CCn1cc(S(=O)(=O)Nc2cccnc2Cl)c(N)n1. The van der Waals surface area contributed by atoms with Crippen LogP contribution in [0.4, 0.5) is 11.5 Å². The van der Waals surface area contributed by atoms with E-state index in [4.69, 9.17) is 17.3 Å². The maximum Gasteiger partial charge on any atom is 0.267 e. The maximum atomic E-state index is 12.2. The number of nitrogens with one attached hydrogen (secondary N) is 1. The Kier molecular flexibility index (Phi) is 3.63. The minimum Gasteiger partial charge on any atom is -0.381 e. The standard InChI is InChI=1S/C10H12ClN5O2S/c1-2-16-6-8(10(12)14-16)19(17,18)15-7-4-3-5-13-9(7)11/h3-6,15H,2H2,1H3,(H2,12,14). The second-order valence-electron chi connectivity index (χ2n) is 3.68. The molecule has 0 aliphatic rings. The van der Waals surface area contributed by atoms with Crippen LogP contribution in [0.15, 0.2) is 29.4 Å². The summed E-state index contributed by atoms with van der Waals surface area (Å²) in [5, 5.41) is 3.95. The van der Waals surface area contributed by atoms with Gasteiger partial charge in [0.2, 0.25) is 0 Å². The second kappa shape index (κ2) is 5.06. The van der Waals surface area contributed by atoms with Gasteiger partial charge in [0.05, 0.1) is 5.69 Å². The average Bonchev–Trinajstić information content (AvgIpc) is 2.74. The highest BCUT2D eigenvalue weighted by molar-refractivity contribution is 7.92. The first-order valence-electron chi connectivity index (χ1n) is 5.40. The monoisotopic (exact) mass is 301 g/mol.